The van der Waals surface area contributed by atoms with Crippen LogP contribution >= 0.6 is 23.8 Å². The van der Waals surface area contributed by atoms with Crippen molar-refractivity contribution in [3.8, 4) is 0 Å². The zero-order valence-corrected chi connectivity index (χ0v) is 12.2. The van der Waals surface area contributed by atoms with Gasteiger partial charge in [0.25, 0.3) is 5.69 Å². The van der Waals surface area contributed by atoms with Crippen LogP contribution in [0.3, 0.4) is 0 Å². The molecule has 0 radical (unpaired) electrons. The normalized spacial score (nSPS) is 18.7. The fourth-order valence-electron chi connectivity index (χ4n) is 2.06. The molecule has 20 heavy (non-hydrogen) atoms. The van der Waals surface area contributed by atoms with Crippen molar-refractivity contribution in [3.63, 3.8) is 0 Å². The van der Waals surface area contributed by atoms with Crippen molar-refractivity contribution in [1.29, 1.82) is 0 Å². The lowest BCUT2D eigenvalue weighted by Gasteiger charge is -2.32. The van der Waals surface area contributed by atoms with Gasteiger partial charge in [0.2, 0.25) is 0 Å². The van der Waals surface area contributed by atoms with E-state index in [0.29, 0.717) is 22.4 Å². The van der Waals surface area contributed by atoms with Crippen molar-refractivity contribution in [2.75, 3.05) is 18.4 Å². The van der Waals surface area contributed by atoms with Crippen LogP contribution in [0.25, 0.3) is 0 Å². The lowest BCUT2D eigenvalue weighted by molar-refractivity contribution is -0.384. The van der Waals surface area contributed by atoms with E-state index in [4.69, 9.17) is 23.8 Å². The van der Waals surface area contributed by atoms with Crippen molar-refractivity contribution in [2.24, 2.45) is 0 Å². The summed E-state index contributed by atoms with van der Waals surface area (Å²) in [6, 6.07) is 4.13. The molecule has 0 bridgehead atoms. The molecule has 1 aliphatic heterocycles. The lowest BCUT2D eigenvalue weighted by Crippen LogP contribution is -2.44. The Morgan fingerprint density at radius 3 is 3.00 bits per heavy atom. The maximum absolute atomic E-state index is 10.8. The Hall–Kier alpha value is -1.44. The summed E-state index contributed by atoms with van der Waals surface area (Å²) in [7, 11) is 0. The highest BCUT2D eigenvalue weighted by atomic mass is 35.5. The number of non-ortho nitro benzene ring substituents is 1. The van der Waals surface area contributed by atoms with Gasteiger partial charge in [0.1, 0.15) is 0 Å². The van der Waals surface area contributed by atoms with Crippen molar-refractivity contribution >= 4 is 40.3 Å². The third kappa shape index (κ3) is 3.56. The maximum Gasteiger partial charge on any atom is 0.271 e. The smallest absolute Gasteiger partial charge is 0.271 e. The molecule has 1 saturated heterocycles. The van der Waals surface area contributed by atoms with Gasteiger partial charge in [0.15, 0.2) is 5.11 Å². The van der Waals surface area contributed by atoms with Gasteiger partial charge in [-0.1, -0.05) is 11.6 Å². The fraction of sp³-hybridized carbons (Fsp3) is 0.417. The molecule has 1 aromatic rings. The molecule has 0 amide bonds. The minimum atomic E-state index is -0.491. The number of nitro benzene ring substituents is 1. The number of aliphatic hydroxyl groups is 1. The van der Waals surface area contributed by atoms with Crippen LogP contribution in [-0.2, 0) is 0 Å². The number of rotatable bonds is 2. The number of nitrogens with zero attached hydrogens (tertiary/aromatic N) is 2. The summed E-state index contributed by atoms with van der Waals surface area (Å²) in [5.41, 5.74) is 0.337. The summed E-state index contributed by atoms with van der Waals surface area (Å²) < 4.78 is 0. The van der Waals surface area contributed by atoms with E-state index >= 15 is 0 Å². The summed E-state index contributed by atoms with van der Waals surface area (Å²) in [4.78, 5) is 12.1. The number of nitrogens with one attached hydrogen (secondary N) is 1. The highest BCUT2D eigenvalue weighted by Crippen LogP contribution is 2.27. The number of halogens is 1. The van der Waals surface area contributed by atoms with Gasteiger partial charge < -0.3 is 15.3 Å². The number of hydrogen-bond donors (Lipinski definition) is 2. The van der Waals surface area contributed by atoms with E-state index in [1.807, 2.05) is 4.90 Å². The van der Waals surface area contributed by atoms with E-state index in [-0.39, 0.29) is 5.69 Å². The second-order valence-electron chi connectivity index (χ2n) is 4.59. The number of β-amino-alcohol motifs (C(OH)–C–C–N with tert-alkyl or cyclic N) is 1. The van der Waals surface area contributed by atoms with Gasteiger partial charge in [0.05, 0.1) is 21.7 Å². The fourth-order valence-corrected chi connectivity index (χ4v) is 2.50. The average Bonchev–Trinajstić information content (AvgIpc) is 2.41. The Morgan fingerprint density at radius 1 is 1.60 bits per heavy atom. The van der Waals surface area contributed by atoms with E-state index in [0.717, 1.165) is 19.4 Å². The molecule has 2 N–H and O–H groups in total. The molecule has 108 valence electrons. The Labute approximate surface area is 126 Å². The number of anilines is 1. The number of likely N-dealkylation sites (tertiary alicyclic amines) is 1. The standard InChI is InChI=1S/C12H14ClN3O3S/c13-10-4-3-8(16(18)19)6-11(10)14-12(20)15-5-1-2-9(17)7-15/h3-4,6,9,17H,1-2,5,7H2,(H,14,20). The first-order valence-corrected chi connectivity index (χ1v) is 6.94. The van der Waals surface area contributed by atoms with Gasteiger partial charge in [-0.05, 0) is 31.1 Å². The Balaban J connectivity index is 2.10. The highest BCUT2D eigenvalue weighted by molar-refractivity contribution is 7.80. The van der Waals surface area contributed by atoms with Crippen LogP contribution in [0, 0.1) is 10.1 Å². The van der Waals surface area contributed by atoms with Gasteiger partial charge >= 0.3 is 0 Å². The Morgan fingerprint density at radius 2 is 2.35 bits per heavy atom. The van der Waals surface area contributed by atoms with Gasteiger partial charge in [0, 0.05) is 25.2 Å². The first-order chi connectivity index (χ1) is 9.47. The number of benzene rings is 1. The van der Waals surface area contributed by atoms with E-state index in [1.165, 1.54) is 18.2 Å². The van der Waals surface area contributed by atoms with Gasteiger partial charge in [-0.2, -0.15) is 0 Å². The minimum Gasteiger partial charge on any atom is -0.391 e. The predicted octanol–water partition coefficient (Wildman–Crippen LogP) is 2.40. The summed E-state index contributed by atoms with van der Waals surface area (Å²) in [6.45, 7) is 1.20. The zero-order valence-electron chi connectivity index (χ0n) is 10.6. The predicted molar refractivity (Wildman–Crippen MR) is 81.1 cm³/mol. The summed E-state index contributed by atoms with van der Waals surface area (Å²) in [5, 5.41) is 24.0. The van der Waals surface area contributed by atoms with Gasteiger partial charge in [-0.3, -0.25) is 10.1 Å². The van der Waals surface area contributed by atoms with Gasteiger partial charge in [-0.25, -0.2) is 0 Å². The molecular weight excluding hydrogens is 302 g/mol. The van der Waals surface area contributed by atoms with Crippen LogP contribution in [0.4, 0.5) is 11.4 Å². The number of hydrogen-bond acceptors (Lipinski definition) is 4. The molecule has 8 heteroatoms. The zero-order chi connectivity index (χ0) is 14.7. The molecule has 1 heterocycles. The van der Waals surface area contributed by atoms with Crippen molar-refractivity contribution < 1.29 is 10.0 Å². The summed E-state index contributed by atoms with van der Waals surface area (Å²) >= 11 is 11.3. The number of piperidine rings is 1. The second kappa shape index (κ2) is 6.34. The second-order valence-corrected chi connectivity index (χ2v) is 5.39. The molecular formula is C12H14ClN3O3S. The molecule has 1 unspecified atom stereocenters. The lowest BCUT2D eigenvalue weighted by atomic mass is 10.1. The van der Waals surface area contributed by atoms with Crippen LogP contribution < -0.4 is 5.32 Å². The van der Waals surface area contributed by atoms with Crippen LogP contribution in [0.5, 0.6) is 0 Å². The summed E-state index contributed by atoms with van der Waals surface area (Å²) in [6.07, 6.45) is 1.21. The van der Waals surface area contributed by atoms with Crippen LogP contribution in [-0.4, -0.2) is 39.2 Å². The van der Waals surface area contributed by atoms with E-state index in [9.17, 15) is 15.2 Å². The summed E-state index contributed by atoms with van der Waals surface area (Å²) in [5.74, 6) is 0. The molecule has 0 saturated carbocycles. The van der Waals surface area contributed by atoms with Crippen LogP contribution in [0.15, 0.2) is 18.2 Å². The van der Waals surface area contributed by atoms with Crippen LogP contribution in [0.2, 0.25) is 5.02 Å². The maximum atomic E-state index is 10.8. The first-order valence-electron chi connectivity index (χ1n) is 6.15. The molecule has 0 aliphatic carbocycles. The molecule has 0 spiro atoms. The number of thiocarbonyl (C=S) groups is 1. The molecule has 0 aromatic heterocycles. The first kappa shape index (κ1) is 15.0. The Kier molecular flexibility index (Phi) is 4.74. The Bertz CT molecular complexity index is 541. The topological polar surface area (TPSA) is 78.6 Å². The molecule has 2 rings (SSSR count). The van der Waals surface area contributed by atoms with E-state index < -0.39 is 11.0 Å². The number of aliphatic hydroxyl groups excluding tert-OH is 1. The van der Waals surface area contributed by atoms with Crippen LogP contribution in [0.1, 0.15) is 12.8 Å². The van der Waals surface area contributed by atoms with Crippen molar-refractivity contribution in [2.45, 2.75) is 18.9 Å². The molecule has 1 atom stereocenters. The van der Waals surface area contributed by atoms with Gasteiger partial charge in [-0.15, -0.1) is 0 Å². The molecule has 1 aliphatic rings. The van der Waals surface area contributed by atoms with E-state index in [1.54, 1.807) is 0 Å². The monoisotopic (exact) mass is 315 g/mol. The molecule has 1 fully saturated rings. The molecule has 6 nitrogen and oxygen atoms in total. The van der Waals surface area contributed by atoms with Crippen molar-refractivity contribution in [1.82, 2.24) is 4.90 Å². The van der Waals surface area contributed by atoms with Crippen molar-refractivity contribution in [3.05, 3.63) is 33.3 Å². The largest absolute Gasteiger partial charge is 0.391 e. The molecule has 1 aromatic carbocycles. The average molecular weight is 316 g/mol. The minimum absolute atomic E-state index is 0.0571. The highest BCUT2D eigenvalue weighted by Gasteiger charge is 2.20. The number of nitro groups is 1. The third-order valence-corrected chi connectivity index (χ3v) is 3.78. The SMILES string of the molecule is O=[N+]([O-])c1ccc(Cl)c(NC(=S)N2CCCC(O)C2)c1. The van der Waals surface area contributed by atoms with E-state index in [2.05, 4.69) is 5.32 Å². The third-order valence-electron chi connectivity index (χ3n) is 3.09. The quantitative estimate of drug-likeness (QED) is 0.496.